The average Bonchev–Trinajstić information content (AvgIpc) is 2.40. The lowest BCUT2D eigenvalue weighted by molar-refractivity contribution is -0.128. The Hall–Kier alpha value is -1.39. The van der Waals surface area contributed by atoms with Gasteiger partial charge < -0.3 is 16.3 Å². The average molecular weight is 326 g/mol. The monoisotopic (exact) mass is 326 g/mol. The number of rotatable bonds is 14. The highest BCUT2D eigenvalue weighted by Gasteiger charge is 2.37. The van der Waals surface area contributed by atoms with Gasteiger partial charge in [-0.1, -0.05) is 52.9 Å². The third-order valence-electron chi connectivity index (χ3n) is 4.68. The molecule has 0 bridgehead atoms. The van der Waals surface area contributed by atoms with Crippen molar-refractivity contribution in [3.05, 3.63) is 0 Å². The molecule has 0 saturated carbocycles. The van der Waals surface area contributed by atoms with Gasteiger partial charge >= 0.3 is 0 Å². The van der Waals surface area contributed by atoms with Crippen LogP contribution in [-0.4, -0.2) is 18.1 Å². The summed E-state index contributed by atoms with van der Waals surface area (Å²) in [6.07, 6.45) is 8.91. The molecular weight excluding hydrogens is 292 g/mol. The zero-order chi connectivity index (χ0) is 17.9. The van der Waals surface area contributed by atoms with Crippen LogP contribution in [0.25, 0.3) is 0 Å². The molecule has 0 aromatic carbocycles. The molecule has 0 fully saturated rings. The van der Waals surface area contributed by atoms with Gasteiger partial charge in [-0.05, 0) is 24.2 Å². The zero-order valence-corrected chi connectivity index (χ0v) is 15.0. The first-order valence-electron chi connectivity index (χ1n) is 8.73. The van der Waals surface area contributed by atoms with E-state index in [0.717, 1.165) is 51.2 Å². The molecule has 5 heteroatoms. The van der Waals surface area contributed by atoms with Crippen LogP contribution < -0.4 is 11.5 Å². The summed E-state index contributed by atoms with van der Waals surface area (Å²) in [5, 5.41) is 0. The van der Waals surface area contributed by atoms with E-state index in [2.05, 4.69) is 13.8 Å². The predicted molar refractivity (Wildman–Crippen MR) is 92.4 cm³/mol. The van der Waals surface area contributed by atoms with Crippen molar-refractivity contribution in [3.63, 3.8) is 0 Å². The number of carbonyl (C=O) groups is 3. The molecule has 2 unspecified atom stereocenters. The maximum Gasteiger partial charge on any atom is 0.221 e. The molecule has 0 rings (SSSR count). The van der Waals surface area contributed by atoms with Crippen LogP contribution in [0.3, 0.4) is 0 Å². The summed E-state index contributed by atoms with van der Waals surface area (Å²) in [5.74, 6) is -0.832. The molecule has 4 N–H and O–H groups in total. The lowest BCUT2D eigenvalue weighted by atomic mass is 9.68. The van der Waals surface area contributed by atoms with E-state index in [-0.39, 0.29) is 29.1 Å². The highest BCUT2D eigenvalue weighted by atomic mass is 16.1. The molecule has 2 amide bonds. The standard InChI is InChI=1S/C18H34N2O3/c1-14(11-13-21)16(17(20)23)18(2,3)12-9-7-5-4-6-8-10-15(19)22/h13-14,16H,4-12H2,1-3H3,(H2,19,22)(H2,20,23). The van der Waals surface area contributed by atoms with Gasteiger partial charge in [0.1, 0.15) is 6.29 Å². The Bertz CT molecular complexity index is 380. The van der Waals surface area contributed by atoms with E-state index in [1.165, 1.54) is 0 Å². The summed E-state index contributed by atoms with van der Waals surface area (Å²) in [6.45, 7) is 6.05. The SMILES string of the molecule is CC(CC=O)C(C(N)=O)C(C)(C)CCCCCCCCC(N)=O. The molecule has 0 spiro atoms. The third-order valence-corrected chi connectivity index (χ3v) is 4.68. The van der Waals surface area contributed by atoms with Gasteiger partial charge in [0, 0.05) is 18.8 Å². The Morgan fingerprint density at radius 1 is 1.00 bits per heavy atom. The van der Waals surface area contributed by atoms with E-state index in [4.69, 9.17) is 11.5 Å². The molecule has 0 aliphatic carbocycles. The van der Waals surface area contributed by atoms with Gasteiger partial charge in [-0.25, -0.2) is 0 Å². The molecular formula is C18H34N2O3. The number of carbonyl (C=O) groups excluding carboxylic acids is 3. The lowest BCUT2D eigenvalue weighted by Gasteiger charge is -2.36. The number of hydrogen-bond acceptors (Lipinski definition) is 3. The number of unbranched alkanes of at least 4 members (excludes halogenated alkanes) is 5. The second-order valence-corrected chi connectivity index (χ2v) is 7.34. The van der Waals surface area contributed by atoms with Crippen molar-refractivity contribution >= 4 is 18.1 Å². The summed E-state index contributed by atoms with van der Waals surface area (Å²) in [7, 11) is 0. The molecule has 0 radical (unpaired) electrons. The molecule has 23 heavy (non-hydrogen) atoms. The minimum atomic E-state index is -0.309. The Morgan fingerprint density at radius 2 is 1.52 bits per heavy atom. The van der Waals surface area contributed by atoms with E-state index < -0.39 is 0 Å². The van der Waals surface area contributed by atoms with Crippen LogP contribution in [0, 0.1) is 17.3 Å². The van der Waals surface area contributed by atoms with Crippen molar-refractivity contribution in [2.75, 3.05) is 0 Å². The first-order valence-corrected chi connectivity index (χ1v) is 8.73. The predicted octanol–water partition coefficient (Wildman–Crippen LogP) is 2.95. The molecule has 2 atom stereocenters. The molecule has 0 saturated heterocycles. The van der Waals surface area contributed by atoms with Gasteiger partial charge in [0.15, 0.2) is 0 Å². The van der Waals surface area contributed by atoms with Gasteiger partial charge in [-0.15, -0.1) is 0 Å². The largest absolute Gasteiger partial charge is 0.370 e. The fourth-order valence-corrected chi connectivity index (χ4v) is 3.47. The number of nitrogens with two attached hydrogens (primary N) is 2. The molecule has 0 aromatic heterocycles. The highest BCUT2D eigenvalue weighted by molar-refractivity contribution is 5.78. The molecule has 0 aromatic rings. The molecule has 0 aliphatic rings. The van der Waals surface area contributed by atoms with Crippen molar-refractivity contribution in [1.82, 2.24) is 0 Å². The first-order chi connectivity index (χ1) is 10.7. The van der Waals surface area contributed by atoms with Gasteiger partial charge in [0.25, 0.3) is 0 Å². The van der Waals surface area contributed by atoms with Gasteiger partial charge in [0.2, 0.25) is 11.8 Å². The van der Waals surface area contributed by atoms with Crippen LogP contribution in [0.5, 0.6) is 0 Å². The van der Waals surface area contributed by atoms with Crippen molar-refractivity contribution in [2.24, 2.45) is 28.7 Å². The fourth-order valence-electron chi connectivity index (χ4n) is 3.47. The fraction of sp³-hybridized carbons (Fsp3) is 0.833. The van der Waals surface area contributed by atoms with Crippen molar-refractivity contribution < 1.29 is 14.4 Å². The zero-order valence-electron chi connectivity index (χ0n) is 15.0. The molecule has 134 valence electrons. The van der Waals surface area contributed by atoms with E-state index in [9.17, 15) is 14.4 Å². The molecule has 0 aliphatic heterocycles. The number of amides is 2. The Labute approximate surface area is 140 Å². The van der Waals surface area contributed by atoms with E-state index in [1.54, 1.807) is 0 Å². The molecule has 5 nitrogen and oxygen atoms in total. The quantitative estimate of drug-likeness (QED) is 0.379. The molecule has 0 heterocycles. The van der Waals surface area contributed by atoms with Crippen LogP contribution in [0.1, 0.15) is 78.6 Å². The summed E-state index contributed by atoms with van der Waals surface area (Å²) in [6, 6.07) is 0. The summed E-state index contributed by atoms with van der Waals surface area (Å²) in [4.78, 5) is 33.1. The van der Waals surface area contributed by atoms with E-state index in [0.29, 0.717) is 12.8 Å². The van der Waals surface area contributed by atoms with E-state index in [1.807, 2.05) is 6.92 Å². The minimum absolute atomic E-state index is 0.0196. The summed E-state index contributed by atoms with van der Waals surface area (Å²) >= 11 is 0. The van der Waals surface area contributed by atoms with Gasteiger partial charge in [-0.3, -0.25) is 9.59 Å². The van der Waals surface area contributed by atoms with Crippen molar-refractivity contribution in [3.8, 4) is 0 Å². The number of aldehydes is 1. The second-order valence-electron chi connectivity index (χ2n) is 7.34. The topological polar surface area (TPSA) is 103 Å². The smallest absolute Gasteiger partial charge is 0.221 e. The maximum absolute atomic E-state index is 11.8. The van der Waals surface area contributed by atoms with Crippen molar-refractivity contribution in [1.29, 1.82) is 0 Å². The first kappa shape index (κ1) is 21.6. The number of hydrogen-bond donors (Lipinski definition) is 2. The van der Waals surface area contributed by atoms with Gasteiger partial charge in [0.05, 0.1) is 0 Å². The minimum Gasteiger partial charge on any atom is -0.370 e. The highest BCUT2D eigenvalue weighted by Crippen LogP contribution is 2.38. The third kappa shape index (κ3) is 9.36. The second kappa shape index (κ2) is 11.2. The lowest BCUT2D eigenvalue weighted by Crippen LogP contribution is -2.40. The van der Waals surface area contributed by atoms with Crippen molar-refractivity contribution in [2.45, 2.75) is 78.6 Å². The summed E-state index contributed by atoms with van der Waals surface area (Å²) < 4.78 is 0. The Kier molecular flexibility index (Phi) is 10.5. The number of primary amides is 2. The van der Waals surface area contributed by atoms with Gasteiger partial charge in [-0.2, -0.15) is 0 Å². The summed E-state index contributed by atoms with van der Waals surface area (Å²) in [5.41, 5.74) is 10.5. The Balaban J connectivity index is 4.11. The normalized spacial score (nSPS) is 14.2. The Morgan fingerprint density at radius 3 is 2.00 bits per heavy atom. The van der Waals surface area contributed by atoms with Crippen LogP contribution in [0.2, 0.25) is 0 Å². The van der Waals surface area contributed by atoms with Crippen LogP contribution in [0.15, 0.2) is 0 Å². The van der Waals surface area contributed by atoms with E-state index >= 15 is 0 Å². The van der Waals surface area contributed by atoms with Crippen LogP contribution in [-0.2, 0) is 14.4 Å². The van der Waals surface area contributed by atoms with Crippen LogP contribution in [0.4, 0.5) is 0 Å². The maximum atomic E-state index is 11.8. The van der Waals surface area contributed by atoms with Crippen LogP contribution >= 0.6 is 0 Å².